The fourth-order valence-electron chi connectivity index (χ4n) is 2.05. The highest BCUT2D eigenvalue weighted by Crippen LogP contribution is 2.29. The van der Waals surface area contributed by atoms with Crippen molar-refractivity contribution in [1.82, 2.24) is 15.3 Å². The predicted molar refractivity (Wildman–Crippen MR) is 90.6 cm³/mol. The summed E-state index contributed by atoms with van der Waals surface area (Å²) >= 11 is 7.01. The Morgan fingerprint density at radius 1 is 1.19 bits per heavy atom. The Kier molecular flexibility index (Phi) is 6.14. The molecule has 112 valence electrons. The molecule has 1 atom stereocenters. The van der Waals surface area contributed by atoms with E-state index in [9.17, 15) is 0 Å². The third kappa shape index (κ3) is 4.25. The molecule has 0 spiro atoms. The molecule has 0 aliphatic carbocycles. The van der Waals surface area contributed by atoms with Gasteiger partial charge in [-0.15, -0.1) is 0 Å². The number of hydrogen-bond acceptors (Lipinski definition) is 4. The largest absolute Gasteiger partial charge is 0.492 e. The highest BCUT2D eigenvalue weighted by molar-refractivity contribution is 9.11. The van der Waals surface area contributed by atoms with Gasteiger partial charge in [-0.1, -0.05) is 6.92 Å². The van der Waals surface area contributed by atoms with Crippen LogP contribution < -0.4 is 10.1 Å². The van der Waals surface area contributed by atoms with Crippen molar-refractivity contribution in [2.24, 2.45) is 0 Å². The molecule has 2 aromatic rings. The molecule has 2 aromatic heterocycles. The molecule has 0 bridgehead atoms. The fourth-order valence-corrected chi connectivity index (χ4v) is 3.27. The highest BCUT2D eigenvalue weighted by atomic mass is 79.9. The van der Waals surface area contributed by atoms with Crippen LogP contribution in [0.15, 0.2) is 39.7 Å². The Balaban J connectivity index is 2.40. The molecule has 21 heavy (non-hydrogen) atoms. The van der Waals surface area contributed by atoms with Gasteiger partial charge in [0, 0.05) is 21.3 Å². The topological polar surface area (TPSA) is 47.0 Å². The van der Waals surface area contributed by atoms with Crippen molar-refractivity contribution in [2.75, 3.05) is 13.2 Å². The number of aromatic nitrogens is 2. The lowest BCUT2D eigenvalue weighted by Crippen LogP contribution is -2.23. The van der Waals surface area contributed by atoms with Crippen molar-refractivity contribution in [3.05, 3.63) is 50.9 Å². The van der Waals surface area contributed by atoms with E-state index in [-0.39, 0.29) is 6.04 Å². The van der Waals surface area contributed by atoms with Gasteiger partial charge in [-0.25, -0.2) is 0 Å². The highest BCUT2D eigenvalue weighted by Gasteiger charge is 2.18. The zero-order valence-electron chi connectivity index (χ0n) is 11.9. The van der Waals surface area contributed by atoms with Gasteiger partial charge >= 0.3 is 0 Å². The number of pyridine rings is 2. The molecule has 0 aliphatic rings. The fraction of sp³-hybridized carbons (Fsp3) is 0.333. The standard InChI is InChI=1S/C15H17Br2N3O/c1-3-19-14(15-13(17)6-11(16)8-20-15)10-5-12(21-4-2)9-18-7-10/h5-9,14,19H,3-4H2,1-2H3. The third-order valence-corrected chi connectivity index (χ3v) is 3.97. The first-order chi connectivity index (χ1) is 10.2. The molecule has 0 aromatic carbocycles. The predicted octanol–water partition coefficient (Wildman–Crippen LogP) is 4.10. The normalized spacial score (nSPS) is 12.2. The van der Waals surface area contributed by atoms with Crippen LogP contribution in [0, 0.1) is 0 Å². The molecule has 2 heterocycles. The van der Waals surface area contributed by atoms with E-state index in [1.165, 1.54) is 0 Å². The second kappa shape index (κ2) is 7.87. The van der Waals surface area contributed by atoms with E-state index >= 15 is 0 Å². The van der Waals surface area contributed by atoms with E-state index < -0.39 is 0 Å². The zero-order valence-corrected chi connectivity index (χ0v) is 15.1. The van der Waals surface area contributed by atoms with E-state index in [4.69, 9.17) is 4.74 Å². The number of rotatable bonds is 6. The zero-order chi connectivity index (χ0) is 15.2. The maximum Gasteiger partial charge on any atom is 0.137 e. The van der Waals surface area contributed by atoms with Gasteiger partial charge in [0.25, 0.3) is 0 Å². The third-order valence-electron chi connectivity index (χ3n) is 2.90. The van der Waals surface area contributed by atoms with Crippen LogP contribution in [-0.2, 0) is 0 Å². The number of halogens is 2. The molecule has 0 saturated carbocycles. The summed E-state index contributed by atoms with van der Waals surface area (Å²) in [6.45, 7) is 5.48. The summed E-state index contributed by atoms with van der Waals surface area (Å²) in [7, 11) is 0. The summed E-state index contributed by atoms with van der Waals surface area (Å²) in [5.74, 6) is 0.770. The molecule has 0 radical (unpaired) electrons. The Hall–Kier alpha value is -0.980. The number of nitrogens with one attached hydrogen (secondary N) is 1. The van der Waals surface area contributed by atoms with Crippen LogP contribution in [0.4, 0.5) is 0 Å². The van der Waals surface area contributed by atoms with Crippen molar-refractivity contribution in [3.63, 3.8) is 0 Å². The first-order valence-corrected chi connectivity index (χ1v) is 8.36. The van der Waals surface area contributed by atoms with Gasteiger partial charge in [-0.2, -0.15) is 0 Å². The minimum absolute atomic E-state index is 0.0367. The average molecular weight is 415 g/mol. The van der Waals surface area contributed by atoms with E-state index in [1.54, 1.807) is 12.4 Å². The van der Waals surface area contributed by atoms with Gasteiger partial charge in [-0.3, -0.25) is 9.97 Å². The van der Waals surface area contributed by atoms with E-state index in [0.29, 0.717) is 6.61 Å². The Bertz CT molecular complexity index is 607. The van der Waals surface area contributed by atoms with Gasteiger partial charge in [0.1, 0.15) is 5.75 Å². The van der Waals surface area contributed by atoms with Crippen LogP contribution in [0.1, 0.15) is 31.1 Å². The smallest absolute Gasteiger partial charge is 0.137 e. The van der Waals surface area contributed by atoms with E-state index in [0.717, 1.165) is 32.5 Å². The number of nitrogens with zero attached hydrogens (tertiary/aromatic N) is 2. The summed E-state index contributed by atoms with van der Waals surface area (Å²) in [6.07, 6.45) is 5.36. The summed E-state index contributed by atoms with van der Waals surface area (Å²) in [5.41, 5.74) is 1.95. The molecule has 2 rings (SSSR count). The Labute approximate surface area is 141 Å². The monoisotopic (exact) mass is 413 g/mol. The molecule has 1 unspecified atom stereocenters. The first-order valence-electron chi connectivity index (χ1n) is 6.77. The number of hydrogen-bond donors (Lipinski definition) is 1. The minimum Gasteiger partial charge on any atom is -0.492 e. The lowest BCUT2D eigenvalue weighted by atomic mass is 10.0. The minimum atomic E-state index is -0.0367. The lowest BCUT2D eigenvalue weighted by Gasteiger charge is -2.19. The van der Waals surface area contributed by atoms with Gasteiger partial charge < -0.3 is 10.1 Å². The summed E-state index contributed by atoms with van der Waals surface area (Å²) < 4.78 is 7.42. The van der Waals surface area contributed by atoms with Crippen LogP contribution in [0.2, 0.25) is 0 Å². The molecule has 1 N–H and O–H groups in total. The Morgan fingerprint density at radius 3 is 2.67 bits per heavy atom. The second-order valence-corrected chi connectivity index (χ2v) is 6.17. The molecule has 0 amide bonds. The van der Waals surface area contributed by atoms with Crippen molar-refractivity contribution in [1.29, 1.82) is 0 Å². The molecule has 6 heteroatoms. The number of ether oxygens (including phenoxy) is 1. The van der Waals surface area contributed by atoms with Gasteiger partial charge in [-0.05, 0) is 63.0 Å². The summed E-state index contributed by atoms with van der Waals surface area (Å²) in [6, 6.07) is 3.96. The van der Waals surface area contributed by atoms with Crippen LogP contribution in [0.5, 0.6) is 5.75 Å². The van der Waals surface area contributed by atoms with E-state index in [1.807, 2.05) is 25.3 Å². The van der Waals surface area contributed by atoms with Gasteiger partial charge in [0.2, 0.25) is 0 Å². The van der Waals surface area contributed by atoms with Crippen molar-refractivity contribution in [2.45, 2.75) is 19.9 Å². The van der Waals surface area contributed by atoms with Crippen molar-refractivity contribution >= 4 is 31.9 Å². The molecule has 0 saturated heterocycles. The van der Waals surface area contributed by atoms with Crippen LogP contribution >= 0.6 is 31.9 Å². The quantitative estimate of drug-likeness (QED) is 0.772. The van der Waals surface area contributed by atoms with Crippen molar-refractivity contribution in [3.8, 4) is 5.75 Å². The molecule has 0 aliphatic heterocycles. The van der Waals surface area contributed by atoms with Gasteiger partial charge in [0.15, 0.2) is 0 Å². The maximum absolute atomic E-state index is 5.53. The van der Waals surface area contributed by atoms with Crippen LogP contribution in [-0.4, -0.2) is 23.1 Å². The van der Waals surface area contributed by atoms with Gasteiger partial charge in [0.05, 0.1) is 24.5 Å². The second-order valence-electron chi connectivity index (χ2n) is 4.40. The first kappa shape index (κ1) is 16.4. The summed E-state index contributed by atoms with van der Waals surface area (Å²) in [4.78, 5) is 8.79. The average Bonchev–Trinajstić information content (AvgIpc) is 2.46. The van der Waals surface area contributed by atoms with Crippen molar-refractivity contribution < 1.29 is 4.74 Å². The molecule has 4 nitrogen and oxygen atoms in total. The van der Waals surface area contributed by atoms with Crippen LogP contribution in [0.25, 0.3) is 0 Å². The SMILES string of the molecule is CCNC(c1cncc(OCC)c1)c1ncc(Br)cc1Br. The molecule has 0 fully saturated rings. The maximum atomic E-state index is 5.53. The van der Waals surface area contributed by atoms with Crippen LogP contribution in [0.3, 0.4) is 0 Å². The lowest BCUT2D eigenvalue weighted by molar-refractivity contribution is 0.338. The molecular formula is C15H17Br2N3O. The Morgan fingerprint density at radius 2 is 2.00 bits per heavy atom. The van der Waals surface area contributed by atoms with E-state index in [2.05, 4.69) is 54.1 Å². The summed E-state index contributed by atoms with van der Waals surface area (Å²) in [5, 5.41) is 3.44. The molecular weight excluding hydrogens is 398 g/mol.